The molecule has 0 amide bonds. The van der Waals surface area contributed by atoms with Crippen LogP contribution in [0.15, 0.2) is 48.5 Å². The molecule has 0 N–H and O–H groups in total. The first kappa shape index (κ1) is 18.1. The first-order valence-electron chi connectivity index (χ1n) is 7.13. The van der Waals surface area contributed by atoms with Crippen LogP contribution in [-0.2, 0) is 15.7 Å². The summed E-state index contributed by atoms with van der Waals surface area (Å²) in [6, 6.07) is 11.1. The molecule has 2 nitrogen and oxygen atoms in total. The van der Waals surface area contributed by atoms with Gasteiger partial charge < -0.3 is 4.74 Å². The number of carbonyl (C=O) groups excluding carboxylic acids is 1. The van der Waals surface area contributed by atoms with Gasteiger partial charge in [-0.05, 0) is 48.4 Å². The molecule has 0 bridgehead atoms. The number of alkyl halides is 3. The van der Waals surface area contributed by atoms with Gasteiger partial charge in [-0.3, -0.25) is 0 Å². The second kappa shape index (κ2) is 7.53. The SMILES string of the molecule is CCOC(=O)/C(=C/c1cccc(Cl)c1)c1ccc(C(F)(F)F)cc1. The summed E-state index contributed by atoms with van der Waals surface area (Å²) < 4.78 is 43.0. The van der Waals surface area contributed by atoms with Crippen LogP contribution in [-0.4, -0.2) is 12.6 Å². The smallest absolute Gasteiger partial charge is 0.416 e. The molecule has 2 aromatic carbocycles. The van der Waals surface area contributed by atoms with E-state index in [4.69, 9.17) is 16.3 Å². The van der Waals surface area contributed by atoms with Crippen LogP contribution in [0.2, 0.25) is 5.02 Å². The summed E-state index contributed by atoms with van der Waals surface area (Å²) in [5.41, 5.74) is 0.358. The van der Waals surface area contributed by atoms with E-state index < -0.39 is 17.7 Å². The lowest BCUT2D eigenvalue weighted by Crippen LogP contribution is -2.08. The van der Waals surface area contributed by atoms with Gasteiger partial charge in [0.25, 0.3) is 0 Å². The van der Waals surface area contributed by atoms with E-state index in [1.807, 2.05) is 0 Å². The number of hydrogen-bond acceptors (Lipinski definition) is 2. The van der Waals surface area contributed by atoms with E-state index in [9.17, 15) is 18.0 Å². The van der Waals surface area contributed by atoms with Gasteiger partial charge in [0.05, 0.1) is 17.7 Å². The third kappa shape index (κ3) is 4.61. The molecule has 0 atom stereocenters. The highest BCUT2D eigenvalue weighted by molar-refractivity contribution is 6.30. The summed E-state index contributed by atoms with van der Waals surface area (Å²) in [4.78, 5) is 12.2. The average Bonchev–Trinajstić information content (AvgIpc) is 2.52. The van der Waals surface area contributed by atoms with E-state index in [1.165, 1.54) is 18.2 Å². The van der Waals surface area contributed by atoms with Crippen LogP contribution in [0.4, 0.5) is 13.2 Å². The lowest BCUT2D eigenvalue weighted by Gasteiger charge is -2.10. The molecule has 0 saturated carbocycles. The number of hydrogen-bond donors (Lipinski definition) is 0. The van der Waals surface area contributed by atoms with Crippen molar-refractivity contribution < 1.29 is 22.7 Å². The Balaban J connectivity index is 2.45. The molecular formula is C18H14ClF3O2. The van der Waals surface area contributed by atoms with Gasteiger partial charge in [-0.25, -0.2) is 4.79 Å². The number of rotatable bonds is 4. The van der Waals surface area contributed by atoms with Crippen molar-refractivity contribution in [2.24, 2.45) is 0 Å². The Hall–Kier alpha value is -2.27. The Labute approximate surface area is 142 Å². The van der Waals surface area contributed by atoms with Crippen molar-refractivity contribution in [1.29, 1.82) is 0 Å². The zero-order valence-electron chi connectivity index (χ0n) is 12.7. The van der Waals surface area contributed by atoms with Gasteiger partial charge in [0.2, 0.25) is 0 Å². The van der Waals surface area contributed by atoms with E-state index >= 15 is 0 Å². The van der Waals surface area contributed by atoms with E-state index in [0.717, 1.165) is 12.1 Å². The Morgan fingerprint density at radius 3 is 2.38 bits per heavy atom. The Morgan fingerprint density at radius 1 is 1.17 bits per heavy atom. The Kier molecular flexibility index (Phi) is 5.67. The molecule has 0 saturated heterocycles. The van der Waals surface area contributed by atoms with E-state index in [0.29, 0.717) is 16.1 Å². The molecule has 0 fully saturated rings. The highest BCUT2D eigenvalue weighted by Crippen LogP contribution is 2.30. The normalized spacial score (nSPS) is 12.1. The van der Waals surface area contributed by atoms with Crippen LogP contribution < -0.4 is 0 Å². The molecule has 0 spiro atoms. The molecule has 0 aliphatic carbocycles. The maximum atomic E-state index is 12.7. The summed E-state index contributed by atoms with van der Waals surface area (Å²) in [7, 11) is 0. The minimum Gasteiger partial charge on any atom is -0.462 e. The molecule has 2 rings (SSSR count). The molecule has 6 heteroatoms. The first-order valence-corrected chi connectivity index (χ1v) is 7.51. The Bertz CT molecular complexity index is 750. The van der Waals surface area contributed by atoms with Gasteiger partial charge in [-0.1, -0.05) is 35.9 Å². The maximum Gasteiger partial charge on any atom is 0.416 e. The summed E-state index contributed by atoms with van der Waals surface area (Å²) in [6.07, 6.45) is -2.90. The van der Waals surface area contributed by atoms with Gasteiger partial charge in [0, 0.05) is 5.02 Å². The first-order chi connectivity index (χ1) is 11.3. The predicted octanol–water partition coefficient (Wildman–Crippen LogP) is 5.46. The fourth-order valence-electron chi connectivity index (χ4n) is 2.07. The van der Waals surface area contributed by atoms with Crippen LogP contribution >= 0.6 is 11.6 Å². The molecule has 2 aromatic rings. The molecule has 24 heavy (non-hydrogen) atoms. The predicted molar refractivity (Wildman–Crippen MR) is 87.4 cm³/mol. The summed E-state index contributed by atoms with van der Waals surface area (Å²) in [6.45, 7) is 1.81. The molecule has 0 heterocycles. The van der Waals surface area contributed by atoms with Crippen molar-refractivity contribution >= 4 is 29.2 Å². The third-order valence-corrected chi connectivity index (χ3v) is 3.41. The second-order valence-corrected chi connectivity index (χ2v) is 5.35. The van der Waals surface area contributed by atoms with Crippen molar-refractivity contribution in [3.63, 3.8) is 0 Å². The number of esters is 1. The van der Waals surface area contributed by atoms with Gasteiger partial charge in [0.15, 0.2) is 0 Å². The number of carbonyl (C=O) groups is 1. The topological polar surface area (TPSA) is 26.3 Å². The lowest BCUT2D eigenvalue weighted by atomic mass is 10.0. The second-order valence-electron chi connectivity index (χ2n) is 4.91. The van der Waals surface area contributed by atoms with Crippen molar-refractivity contribution in [3.8, 4) is 0 Å². The third-order valence-electron chi connectivity index (χ3n) is 3.18. The largest absolute Gasteiger partial charge is 0.462 e. The van der Waals surface area contributed by atoms with Crippen molar-refractivity contribution in [2.75, 3.05) is 6.61 Å². The van der Waals surface area contributed by atoms with Gasteiger partial charge >= 0.3 is 12.1 Å². The molecule has 0 unspecified atom stereocenters. The average molecular weight is 355 g/mol. The number of halogens is 4. The quantitative estimate of drug-likeness (QED) is 0.414. The van der Waals surface area contributed by atoms with Crippen LogP contribution in [0, 0.1) is 0 Å². The summed E-state index contributed by atoms with van der Waals surface area (Å²) in [5, 5.41) is 0.486. The molecule has 0 radical (unpaired) electrons. The zero-order valence-corrected chi connectivity index (χ0v) is 13.5. The van der Waals surface area contributed by atoms with Gasteiger partial charge in [-0.2, -0.15) is 13.2 Å². The molecule has 126 valence electrons. The fraction of sp³-hybridized carbons (Fsp3) is 0.167. The highest BCUT2D eigenvalue weighted by Gasteiger charge is 2.30. The van der Waals surface area contributed by atoms with E-state index in [-0.39, 0.29) is 12.2 Å². The Morgan fingerprint density at radius 2 is 1.83 bits per heavy atom. The maximum absolute atomic E-state index is 12.7. The van der Waals surface area contributed by atoms with Crippen molar-refractivity contribution in [2.45, 2.75) is 13.1 Å². The number of benzene rings is 2. The van der Waals surface area contributed by atoms with Gasteiger partial charge in [0.1, 0.15) is 0 Å². The zero-order chi connectivity index (χ0) is 17.7. The van der Waals surface area contributed by atoms with Gasteiger partial charge in [-0.15, -0.1) is 0 Å². The minimum atomic E-state index is -4.43. The standard InChI is InChI=1S/C18H14ClF3O2/c1-2-24-17(23)16(11-12-4-3-5-15(19)10-12)13-6-8-14(9-7-13)18(20,21)22/h3-11H,2H2,1H3/b16-11+. The molecule has 0 aliphatic heterocycles. The van der Waals surface area contributed by atoms with Crippen LogP contribution in [0.1, 0.15) is 23.6 Å². The fourth-order valence-corrected chi connectivity index (χ4v) is 2.27. The van der Waals surface area contributed by atoms with Crippen LogP contribution in [0.3, 0.4) is 0 Å². The monoisotopic (exact) mass is 354 g/mol. The van der Waals surface area contributed by atoms with Crippen LogP contribution in [0.5, 0.6) is 0 Å². The summed E-state index contributed by atoms with van der Waals surface area (Å²) >= 11 is 5.92. The van der Waals surface area contributed by atoms with E-state index in [2.05, 4.69) is 0 Å². The highest BCUT2D eigenvalue weighted by atomic mass is 35.5. The van der Waals surface area contributed by atoms with E-state index in [1.54, 1.807) is 31.2 Å². The summed E-state index contributed by atoms with van der Waals surface area (Å²) in [5.74, 6) is -0.614. The molecule has 0 aliphatic rings. The van der Waals surface area contributed by atoms with Crippen molar-refractivity contribution in [1.82, 2.24) is 0 Å². The lowest BCUT2D eigenvalue weighted by molar-refractivity contribution is -0.137. The van der Waals surface area contributed by atoms with Crippen molar-refractivity contribution in [3.05, 3.63) is 70.2 Å². The minimum absolute atomic E-state index is 0.159. The molecular weight excluding hydrogens is 341 g/mol. The van der Waals surface area contributed by atoms with Crippen LogP contribution in [0.25, 0.3) is 11.6 Å². The molecule has 0 aromatic heterocycles. The number of ether oxygens (including phenoxy) is 1.